The van der Waals surface area contributed by atoms with Gasteiger partial charge in [-0.1, -0.05) is 43.0 Å². The SMILES string of the molecule is CCC.CCN(c1[c-]cccc1)c1[c-]cccc1.CCN(c1[c-]cccc1)c1[c-]cccc1.[Y].[Y].[Y].[Y].[Y].[Y].[Y].[Y].[Y].[Y].[Y].[Y].[Y].[Y].[Y].[Y].[Y].[Y].[Y].[Y].[Y].[Y].[Y].[Y].[Y].[Y].[Y].[Y].[Y].[Y].[Y].[Y].[Y].[Y].[Y].[Y].[Y].[Y].[Y].[Y].[Y].[Y].[Y].[Y].[Y].[Y].[Y].[Y].[Y].[Y].[Y].[Y].[Y].[Y].[Y].[Y].[Y].[Y].[Y].[Y].[Y].[Y].[Y]. The molecule has 0 unspecified atom stereocenters. The van der Waals surface area contributed by atoms with Crippen molar-refractivity contribution < 1.29 is 2060 Å². The number of hydrogen-bond acceptors (Lipinski definition) is 2. The van der Waals surface area contributed by atoms with Crippen LogP contribution in [0.5, 0.6) is 0 Å². The predicted molar refractivity (Wildman–Crippen MR) is 142 cm³/mol. The molecule has 0 atom stereocenters. The first-order chi connectivity index (χ1) is 16.2. The Balaban J connectivity index is -0.00000000236. The molecule has 0 aromatic heterocycles. The van der Waals surface area contributed by atoms with E-state index in [-0.39, 0.29) is 2060 Å². The molecule has 0 saturated carbocycles. The van der Waals surface area contributed by atoms with Crippen molar-refractivity contribution in [2.75, 3.05) is 22.9 Å². The van der Waals surface area contributed by atoms with E-state index in [2.05, 4.69) is 86.0 Å². The van der Waals surface area contributed by atoms with Gasteiger partial charge in [-0.25, -0.2) is 0 Å². The van der Waals surface area contributed by atoms with Crippen molar-refractivity contribution >= 4 is 22.7 Å². The maximum Gasteiger partial charge on any atom is 0.0157 e. The molecule has 4 aromatic rings. The molecule has 4 aromatic carbocycles. The Kier molecular flexibility index (Phi) is 1570. The van der Waals surface area contributed by atoms with Gasteiger partial charge in [-0.15, -0.1) is 24.3 Å². The maximum absolute atomic E-state index is 3.22. The molecule has 2 nitrogen and oxygen atoms in total. The second-order valence-corrected chi connectivity index (χ2v) is 7.19. The number of para-hydroxylation sites is 4. The van der Waals surface area contributed by atoms with E-state index in [0.29, 0.717) is 0 Å². The second-order valence-electron chi connectivity index (χ2n) is 7.19. The van der Waals surface area contributed by atoms with E-state index in [1.165, 1.54) is 6.42 Å². The second kappa shape index (κ2) is 360. The van der Waals surface area contributed by atoms with E-state index < -0.39 is 0 Å². The van der Waals surface area contributed by atoms with Gasteiger partial charge in [0, 0.05) is 2070 Å². The van der Waals surface area contributed by atoms with Crippen LogP contribution >= 0.6 is 0 Å². The van der Waals surface area contributed by atoms with Gasteiger partial charge in [0.15, 0.2) is 0 Å². The molecule has 65 heteroatoms. The van der Waals surface area contributed by atoms with Crippen molar-refractivity contribution in [2.24, 2.45) is 0 Å². The summed E-state index contributed by atoms with van der Waals surface area (Å²) < 4.78 is 0. The summed E-state index contributed by atoms with van der Waals surface area (Å²) in [6, 6.07) is 44.9. The fourth-order valence-electron chi connectivity index (χ4n) is 3.15. The third-order valence-corrected chi connectivity index (χ3v) is 4.57. The van der Waals surface area contributed by atoms with Crippen molar-refractivity contribution in [1.82, 2.24) is 0 Å². The molecule has 361 valence electrons. The first-order valence-corrected chi connectivity index (χ1v) is 11.7. The van der Waals surface area contributed by atoms with Crippen molar-refractivity contribution in [3.05, 3.63) is 121 Å². The zero-order chi connectivity index (χ0) is 23.7. The van der Waals surface area contributed by atoms with Gasteiger partial charge in [0.25, 0.3) is 0 Å². The monoisotopic (exact) mass is 6040 g/mol. The first kappa shape index (κ1) is 420. The fourth-order valence-corrected chi connectivity index (χ4v) is 3.15. The van der Waals surface area contributed by atoms with E-state index in [9.17, 15) is 0 Å². The Labute approximate surface area is 2180 Å². The summed E-state index contributed by atoms with van der Waals surface area (Å²) in [5.41, 5.74) is 4.34. The van der Waals surface area contributed by atoms with Gasteiger partial charge in [0.2, 0.25) is 0 Å². The van der Waals surface area contributed by atoms with Crippen LogP contribution in [0.1, 0.15) is 34.1 Å². The average Bonchev–Trinajstić information content (AvgIpc) is 2.89. The fraction of sp³-hybridized carbons (Fsp3) is 0.226. The van der Waals surface area contributed by atoms with Crippen LogP contribution in [0.4, 0.5) is 22.7 Å². The molecule has 0 spiro atoms. The van der Waals surface area contributed by atoms with E-state index in [1.807, 2.05) is 72.8 Å². The summed E-state index contributed by atoms with van der Waals surface area (Å²) in [5.74, 6) is 0. The molecule has 0 N–H and O–H groups in total. The molecule has 0 aliphatic rings. The van der Waals surface area contributed by atoms with E-state index in [1.54, 1.807) is 0 Å². The Bertz CT molecular complexity index is 897. The molecule has 0 saturated heterocycles. The molecule has 4 rings (SSSR count). The van der Waals surface area contributed by atoms with Crippen LogP contribution in [0.25, 0.3) is 0 Å². The van der Waals surface area contributed by atoms with Crippen molar-refractivity contribution in [3.8, 4) is 0 Å². The minimum Gasteiger partial charge on any atom is -0.388 e. The van der Waals surface area contributed by atoms with Gasteiger partial charge in [0.05, 0.1) is 0 Å². The van der Waals surface area contributed by atoms with Crippen LogP contribution in [-0.4, -0.2) is 13.1 Å². The minimum absolute atomic E-state index is 0. The third kappa shape index (κ3) is 291. The predicted octanol–water partition coefficient (Wildman–Crippen LogP) is 8.15. The largest absolute Gasteiger partial charge is 0.388 e. The van der Waals surface area contributed by atoms with E-state index in [4.69, 9.17) is 0 Å². The number of anilines is 4. The van der Waals surface area contributed by atoms with Gasteiger partial charge in [-0.2, -0.15) is 97.1 Å². The zero-order valence-electron chi connectivity index (χ0n) is 56.6. The summed E-state index contributed by atoms with van der Waals surface area (Å²) in [6.45, 7) is 10.3. The van der Waals surface area contributed by atoms with Gasteiger partial charge in [-0.05, 0) is 13.8 Å². The number of benzene rings is 4. The molecular weight excluding hydrogens is 6000 g/mol. The molecule has 0 aliphatic heterocycles. The van der Waals surface area contributed by atoms with Crippen LogP contribution < -0.4 is 9.80 Å². The summed E-state index contributed by atoms with van der Waals surface area (Å²) in [6.07, 6.45) is 1.25. The topological polar surface area (TPSA) is 6.48 Å². The summed E-state index contributed by atoms with van der Waals surface area (Å²) >= 11 is 0. The number of rotatable bonds is 6. The van der Waals surface area contributed by atoms with Crippen LogP contribution in [0.3, 0.4) is 0 Å². The Morgan fingerprint density at radius 2 is 0.250 bits per heavy atom. The summed E-state index contributed by atoms with van der Waals surface area (Å²) in [4.78, 5) is 4.36. The molecule has 0 heterocycles. The van der Waals surface area contributed by atoms with Crippen molar-refractivity contribution in [3.63, 3.8) is 0 Å². The number of nitrogens with zero attached hydrogens (tertiary/aromatic N) is 2. The smallest absolute Gasteiger partial charge is 0.0157 e. The van der Waals surface area contributed by atoms with Crippen molar-refractivity contribution in [2.45, 2.75) is 34.1 Å². The normalized spacial score (nSPS) is 3.29. The van der Waals surface area contributed by atoms with Gasteiger partial charge in [-0.3, -0.25) is 0 Å². The molecule has 63 radical (unpaired) electrons. The molecule has 0 amide bonds. The van der Waals surface area contributed by atoms with Crippen molar-refractivity contribution in [1.29, 1.82) is 0 Å². The zero-order valence-corrected chi connectivity index (χ0v) is 235. The molecular formula is C31H34N2Y63-4. The van der Waals surface area contributed by atoms with E-state index >= 15 is 0 Å². The van der Waals surface area contributed by atoms with Gasteiger partial charge in [0.1, 0.15) is 0 Å². The summed E-state index contributed by atoms with van der Waals surface area (Å²) in [7, 11) is 0. The molecule has 0 fully saturated rings. The molecule has 0 bridgehead atoms. The molecule has 96 heavy (non-hydrogen) atoms. The quantitative estimate of drug-likeness (QED) is 0.180. The summed E-state index contributed by atoms with van der Waals surface area (Å²) in [5, 5.41) is 0. The maximum atomic E-state index is 3.22. The number of hydrogen-bond donors (Lipinski definition) is 0. The van der Waals surface area contributed by atoms with Crippen LogP contribution in [0.2, 0.25) is 0 Å². The third-order valence-electron chi connectivity index (χ3n) is 4.57. The minimum atomic E-state index is 0. The van der Waals surface area contributed by atoms with Gasteiger partial charge >= 0.3 is 0 Å². The Morgan fingerprint density at radius 3 is 0.302 bits per heavy atom. The van der Waals surface area contributed by atoms with Crippen LogP contribution in [0.15, 0.2) is 97.1 Å². The standard InChI is InChI=1S/2C14H13N.C3H8.63Y/c2*1-2-15(13-9-5-3-6-10-13)14-11-7-4-8-12-14;1-3-2;;;;;;;;;;;;;;;;;;;;;;;;;;;;;;;;;;;;;;;;;;;;;;;;;;;;;;;;;;;;;;;/h2*3-9,11H,2H2,1H3;3H2,1-2H3;;;;;;;;;;;;;;;;;;;;;;;;;;;;;;;;;;;;;;;;;;;;;;;;;;;;;;;;;;;;;;;/q2*-2;;;;;;;;;;;;;;;;;;;;;;;;;;;;;;;;;;;;;;;;;;;;;;;;;;;;;;;;;;;;;;;;. The van der Waals surface area contributed by atoms with Crippen LogP contribution in [0, 0.1) is 24.3 Å². The first-order valence-electron chi connectivity index (χ1n) is 11.7. The van der Waals surface area contributed by atoms with Gasteiger partial charge < -0.3 is 9.80 Å². The average molecular weight is 6040 g/mol. The molecule has 0 aliphatic carbocycles. The Morgan fingerprint density at radius 1 is 0.167 bits per heavy atom. The Hall–Kier alpha value is 66.0. The van der Waals surface area contributed by atoms with E-state index in [0.717, 1.165) is 35.8 Å². The van der Waals surface area contributed by atoms with Crippen LogP contribution in [-0.2, 0) is 2060 Å².